The molecule has 3 N–H and O–H groups in total. The zero-order chi connectivity index (χ0) is 26.2. The van der Waals surface area contributed by atoms with E-state index in [0.717, 1.165) is 23.4 Å². The number of methoxy groups -OCH3 is 1. The molecule has 1 heterocycles. The van der Waals surface area contributed by atoms with E-state index in [9.17, 15) is 20.1 Å². The van der Waals surface area contributed by atoms with Crippen molar-refractivity contribution in [1.82, 2.24) is 9.47 Å². The van der Waals surface area contributed by atoms with Gasteiger partial charge in [0.15, 0.2) is 23.3 Å². The third-order valence-electron chi connectivity index (χ3n) is 7.53. The first-order valence-electron chi connectivity index (χ1n) is 12.4. The number of carbonyl (C=O) groups is 1. The number of fused-ring (bicyclic) bond motifs is 1. The largest absolute Gasteiger partial charge is 0.494 e. The van der Waals surface area contributed by atoms with Gasteiger partial charge in [-0.3, -0.25) is 14.3 Å². The van der Waals surface area contributed by atoms with Gasteiger partial charge in [0.1, 0.15) is 6.61 Å². The van der Waals surface area contributed by atoms with Crippen LogP contribution >= 0.6 is 11.6 Å². The Morgan fingerprint density at radius 2 is 1.86 bits per heavy atom. The van der Waals surface area contributed by atoms with Crippen LogP contribution in [0.4, 0.5) is 0 Å². The lowest BCUT2D eigenvalue weighted by Crippen LogP contribution is -2.36. The molecular formula is C28H31ClN2O6. The quantitative estimate of drug-likeness (QED) is 0.323. The summed E-state index contributed by atoms with van der Waals surface area (Å²) in [4.78, 5) is 14.3. The van der Waals surface area contributed by atoms with Gasteiger partial charge in [-0.25, -0.2) is 0 Å². The smallest absolute Gasteiger partial charge is 0.310 e. The van der Waals surface area contributed by atoms with Crippen LogP contribution in [-0.4, -0.2) is 51.0 Å². The summed E-state index contributed by atoms with van der Waals surface area (Å²) in [5.41, 5.74) is 2.75. The van der Waals surface area contributed by atoms with Crippen LogP contribution in [0.1, 0.15) is 42.0 Å². The molecule has 9 heteroatoms. The van der Waals surface area contributed by atoms with Gasteiger partial charge < -0.3 is 24.8 Å². The van der Waals surface area contributed by atoms with Crippen LogP contribution in [0.15, 0.2) is 48.5 Å². The summed E-state index contributed by atoms with van der Waals surface area (Å²) in [6.07, 6.45) is 3.23. The van der Waals surface area contributed by atoms with Crippen LogP contribution in [-0.2, 0) is 24.3 Å². The standard InChI is InChI=1S/C28H31ClN2O6/c1-36-24-14-18(2-7-23(24)37-13-12-31-25(32)8-9-26(31)33)16-30(17-28(10-11-28)27(34)35)22-6-3-19-15-20(29)4-5-21(19)22/h2,4-5,7-9,14-15,22,32-33H,3,6,10-13,16-17H2,1H3,(H,34,35). The molecule has 2 aliphatic rings. The molecule has 2 aliphatic carbocycles. The maximum Gasteiger partial charge on any atom is 0.310 e. The average molecular weight is 527 g/mol. The first kappa shape index (κ1) is 25.3. The van der Waals surface area contributed by atoms with Crippen LogP contribution in [0.5, 0.6) is 23.3 Å². The van der Waals surface area contributed by atoms with Gasteiger partial charge in [-0.15, -0.1) is 0 Å². The molecule has 5 rings (SSSR count). The predicted molar refractivity (Wildman–Crippen MR) is 138 cm³/mol. The Bertz CT molecular complexity index is 1280. The van der Waals surface area contributed by atoms with Crippen molar-refractivity contribution in [3.05, 3.63) is 70.2 Å². The van der Waals surface area contributed by atoms with E-state index in [1.807, 2.05) is 30.3 Å². The molecule has 1 unspecified atom stereocenters. The number of rotatable bonds is 11. The lowest BCUT2D eigenvalue weighted by atomic mass is 10.0. The van der Waals surface area contributed by atoms with Crippen molar-refractivity contribution in [2.24, 2.45) is 5.41 Å². The zero-order valence-corrected chi connectivity index (χ0v) is 21.4. The van der Waals surface area contributed by atoms with E-state index in [1.165, 1.54) is 27.8 Å². The molecular weight excluding hydrogens is 496 g/mol. The van der Waals surface area contributed by atoms with Gasteiger partial charge in [-0.05, 0) is 66.6 Å². The molecule has 1 aromatic heterocycles. The van der Waals surface area contributed by atoms with Crippen molar-refractivity contribution in [1.29, 1.82) is 0 Å². The zero-order valence-electron chi connectivity index (χ0n) is 20.7. The fourth-order valence-corrected chi connectivity index (χ4v) is 5.48. The Hall–Kier alpha value is -3.36. The van der Waals surface area contributed by atoms with Gasteiger partial charge in [-0.1, -0.05) is 23.7 Å². The van der Waals surface area contributed by atoms with Crippen molar-refractivity contribution in [2.45, 2.75) is 44.8 Å². The molecule has 1 atom stereocenters. The summed E-state index contributed by atoms with van der Waals surface area (Å²) in [7, 11) is 1.58. The number of hydrogen-bond donors (Lipinski definition) is 3. The summed E-state index contributed by atoms with van der Waals surface area (Å²) >= 11 is 6.22. The number of aromatic nitrogens is 1. The molecule has 0 aliphatic heterocycles. The van der Waals surface area contributed by atoms with E-state index in [0.29, 0.717) is 37.4 Å². The molecule has 0 bridgehead atoms. The molecule has 0 radical (unpaired) electrons. The molecule has 0 spiro atoms. The molecule has 196 valence electrons. The van der Waals surface area contributed by atoms with E-state index >= 15 is 0 Å². The molecule has 37 heavy (non-hydrogen) atoms. The highest BCUT2D eigenvalue weighted by atomic mass is 35.5. The number of carboxylic acid groups (broad SMARTS) is 1. The molecule has 0 amide bonds. The van der Waals surface area contributed by atoms with Crippen LogP contribution in [0.3, 0.4) is 0 Å². The molecule has 3 aromatic rings. The van der Waals surface area contributed by atoms with Crippen LogP contribution in [0, 0.1) is 5.41 Å². The first-order valence-corrected chi connectivity index (χ1v) is 12.8. The second kappa shape index (κ2) is 10.2. The molecule has 2 aromatic carbocycles. The van der Waals surface area contributed by atoms with E-state index in [-0.39, 0.29) is 31.0 Å². The SMILES string of the molecule is COc1cc(CN(CC2(C(=O)O)CC2)C2CCc3cc(Cl)ccc32)ccc1OCCn1c(O)ccc1O. The number of aromatic hydroxyl groups is 2. The number of benzene rings is 2. The fraction of sp³-hybridized carbons (Fsp3) is 0.393. The monoisotopic (exact) mass is 526 g/mol. The third kappa shape index (κ3) is 5.22. The normalized spacial score (nSPS) is 17.5. The van der Waals surface area contributed by atoms with Gasteiger partial charge >= 0.3 is 5.97 Å². The van der Waals surface area contributed by atoms with Crippen LogP contribution in [0.25, 0.3) is 0 Å². The first-order chi connectivity index (χ1) is 17.8. The summed E-state index contributed by atoms with van der Waals surface area (Å²) in [5.74, 6) is 0.321. The van der Waals surface area contributed by atoms with E-state index in [4.69, 9.17) is 21.1 Å². The van der Waals surface area contributed by atoms with E-state index in [2.05, 4.69) is 11.0 Å². The fourth-order valence-electron chi connectivity index (χ4n) is 5.28. The number of ether oxygens (including phenoxy) is 2. The van der Waals surface area contributed by atoms with E-state index < -0.39 is 11.4 Å². The van der Waals surface area contributed by atoms with Gasteiger partial charge in [-0.2, -0.15) is 0 Å². The van der Waals surface area contributed by atoms with Crippen molar-refractivity contribution < 1.29 is 29.6 Å². The van der Waals surface area contributed by atoms with Gasteiger partial charge in [0.2, 0.25) is 0 Å². The predicted octanol–water partition coefficient (Wildman–Crippen LogP) is 4.99. The van der Waals surface area contributed by atoms with E-state index in [1.54, 1.807) is 7.11 Å². The summed E-state index contributed by atoms with van der Waals surface area (Å²) in [6, 6.07) is 14.7. The van der Waals surface area contributed by atoms with Crippen molar-refractivity contribution in [2.75, 3.05) is 20.3 Å². The third-order valence-corrected chi connectivity index (χ3v) is 7.76. The Labute approximate surface area is 220 Å². The number of carboxylic acids is 1. The minimum absolute atomic E-state index is 0.0333. The molecule has 8 nitrogen and oxygen atoms in total. The Morgan fingerprint density at radius 3 is 2.54 bits per heavy atom. The second-order valence-electron chi connectivity index (χ2n) is 9.92. The average Bonchev–Trinajstić information content (AvgIpc) is 3.45. The minimum atomic E-state index is -0.729. The number of aliphatic carboxylic acids is 1. The maximum absolute atomic E-state index is 12.0. The minimum Gasteiger partial charge on any atom is -0.494 e. The number of aryl methyl sites for hydroxylation is 1. The number of halogens is 1. The highest BCUT2D eigenvalue weighted by Crippen LogP contribution is 2.49. The van der Waals surface area contributed by atoms with Gasteiger partial charge in [0.05, 0.1) is 19.1 Å². The van der Waals surface area contributed by atoms with Gasteiger partial charge in [0.25, 0.3) is 0 Å². The Balaban J connectivity index is 1.34. The highest BCUT2D eigenvalue weighted by molar-refractivity contribution is 6.30. The molecule has 0 saturated heterocycles. The number of nitrogens with zero attached hydrogens (tertiary/aromatic N) is 2. The Kier molecular flexibility index (Phi) is 6.96. The summed E-state index contributed by atoms with van der Waals surface area (Å²) in [6.45, 7) is 1.55. The topological polar surface area (TPSA) is 104 Å². The summed E-state index contributed by atoms with van der Waals surface area (Å²) < 4.78 is 12.8. The lowest BCUT2D eigenvalue weighted by molar-refractivity contribution is -0.144. The number of hydrogen-bond acceptors (Lipinski definition) is 6. The highest BCUT2D eigenvalue weighted by Gasteiger charge is 2.52. The Morgan fingerprint density at radius 1 is 1.11 bits per heavy atom. The maximum atomic E-state index is 12.0. The van der Waals surface area contributed by atoms with Crippen LogP contribution < -0.4 is 9.47 Å². The van der Waals surface area contributed by atoms with Crippen LogP contribution in [0.2, 0.25) is 5.02 Å². The lowest BCUT2D eigenvalue weighted by Gasteiger charge is -2.32. The molecule has 1 fully saturated rings. The second-order valence-corrected chi connectivity index (χ2v) is 10.4. The van der Waals surface area contributed by atoms with Crippen molar-refractivity contribution in [3.63, 3.8) is 0 Å². The summed E-state index contributed by atoms with van der Waals surface area (Å²) in [5, 5.41) is 30.2. The van der Waals surface area contributed by atoms with Crippen molar-refractivity contribution >= 4 is 17.6 Å². The van der Waals surface area contributed by atoms with Gasteiger partial charge in [0, 0.05) is 36.3 Å². The molecule has 1 saturated carbocycles. The van der Waals surface area contributed by atoms with Crippen molar-refractivity contribution in [3.8, 4) is 23.3 Å².